The van der Waals surface area contributed by atoms with Gasteiger partial charge in [-0.15, -0.1) is 22.7 Å². The Morgan fingerprint density at radius 3 is 2.76 bits per heavy atom. The molecule has 1 amide bonds. The molecule has 0 radical (unpaired) electrons. The number of amides is 1. The first-order chi connectivity index (χ1) is 14.0. The van der Waals surface area contributed by atoms with E-state index >= 15 is 0 Å². The van der Waals surface area contributed by atoms with E-state index < -0.39 is 0 Å². The summed E-state index contributed by atoms with van der Waals surface area (Å²) in [5, 5.41) is 11.3. The first-order valence-corrected chi connectivity index (χ1v) is 10.7. The molecule has 4 aromatic rings. The van der Waals surface area contributed by atoms with Gasteiger partial charge in [0.05, 0.1) is 21.8 Å². The van der Waals surface area contributed by atoms with Crippen molar-refractivity contribution in [1.82, 2.24) is 10.1 Å². The molecular formula is C21H19N3O3S2. The Kier molecular flexibility index (Phi) is 5.46. The number of aromatic nitrogens is 2. The van der Waals surface area contributed by atoms with Gasteiger partial charge in [0.2, 0.25) is 0 Å². The van der Waals surface area contributed by atoms with Crippen molar-refractivity contribution < 1.29 is 14.1 Å². The second kappa shape index (κ2) is 8.18. The normalized spacial score (nSPS) is 10.9. The van der Waals surface area contributed by atoms with E-state index in [0.29, 0.717) is 17.3 Å². The number of thiophene rings is 1. The number of aryl methyl sites for hydroxylation is 3. The second-order valence-corrected chi connectivity index (χ2v) is 8.35. The van der Waals surface area contributed by atoms with Crippen LogP contribution in [-0.2, 0) is 6.61 Å². The molecule has 0 aliphatic carbocycles. The molecule has 0 fully saturated rings. The highest BCUT2D eigenvalue weighted by atomic mass is 32.1. The van der Waals surface area contributed by atoms with Crippen LogP contribution in [0.1, 0.15) is 32.9 Å². The van der Waals surface area contributed by atoms with Gasteiger partial charge in [-0.3, -0.25) is 10.1 Å². The molecule has 8 heteroatoms. The third kappa shape index (κ3) is 4.23. The van der Waals surface area contributed by atoms with Crippen molar-refractivity contribution in [2.45, 2.75) is 27.4 Å². The fraction of sp³-hybridized carbons (Fsp3) is 0.190. The summed E-state index contributed by atoms with van der Waals surface area (Å²) in [5.41, 5.74) is 4.07. The Morgan fingerprint density at radius 1 is 1.21 bits per heavy atom. The van der Waals surface area contributed by atoms with Crippen LogP contribution >= 0.6 is 22.7 Å². The highest BCUT2D eigenvalue weighted by Crippen LogP contribution is 2.29. The Balaban J connectivity index is 1.42. The molecule has 0 unspecified atom stereocenters. The van der Waals surface area contributed by atoms with Crippen LogP contribution in [0.3, 0.4) is 0 Å². The van der Waals surface area contributed by atoms with Gasteiger partial charge < -0.3 is 9.26 Å². The number of hydrogen-bond donors (Lipinski definition) is 1. The van der Waals surface area contributed by atoms with Crippen molar-refractivity contribution in [2.24, 2.45) is 0 Å². The molecule has 3 aromatic heterocycles. The van der Waals surface area contributed by atoms with Gasteiger partial charge in [-0.05, 0) is 56.0 Å². The average Bonchev–Trinajstić information content (AvgIpc) is 3.44. The molecule has 1 N–H and O–H groups in total. The lowest BCUT2D eigenvalue weighted by Gasteiger charge is -2.10. The highest BCUT2D eigenvalue weighted by molar-refractivity contribution is 7.16. The van der Waals surface area contributed by atoms with E-state index in [0.717, 1.165) is 38.9 Å². The third-order valence-electron chi connectivity index (χ3n) is 4.49. The molecule has 0 aliphatic heterocycles. The summed E-state index contributed by atoms with van der Waals surface area (Å²) in [5.74, 6) is 1.27. The lowest BCUT2D eigenvalue weighted by molar-refractivity contribution is 0.102. The number of ether oxygens (including phenoxy) is 1. The van der Waals surface area contributed by atoms with Gasteiger partial charge in [0.25, 0.3) is 5.91 Å². The largest absolute Gasteiger partial charge is 0.488 e. The van der Waals surface area contributed by atoms with Crippen molar-refractivity contribution in [1.29, 1.82) is 0 Å². The maximum absolute atomic E-state index is 12.6. The zero-order valence-electron chi connectivity index (χ0n) is 16.2. The first kappa shape index (κ1) is 19.4. The Labute approximate surface area is 176 Å². The predicted octanol–water partition coefficient (Wildman–Crippen LogP) is 5.62. The van der Waals surface area contributed by atoms with Crippen LogP contribution in [0.25, 0.3) is 10.6 Å². The molecule has 1 aromatic carbocycles. The van der Waals surface area contributed by atoms with Crippen LogP contribution in [0.2, 0.25) is 0 Å². The predicted molar refractivity (Wildman–Crippen MR) is 115 cm³/mol. The van der Waals surface area contributed by atoms with Gasteiger partial charge in [0.1, 0.15) is 18.1 Å². The first-order valence-electron chi connectivity index (χ1n) is 8.97. The number of carbonyl (C=O) groups is 1. The number of anilines is 1. The SMILES string of the molecule is Cc1cc(C(=O)Nc2nc(-c3cccs3)cs2)ccc1OCc1c(C)noc1C. The molecule has 0 saturated heterocycles. The molecule has 29 heavy (non-hydrogen) atoms. The van der Waals surface area contributed by atoms with E-state index in [2.05, 4.69) is 15.5 Å². The summed E-state index contributed by atoms with van der Waals surface area (Å²) >= 11 is 3.03. The number of thiazole rings is 1. The Bertz CT molecular complexity index is 1130. The quantitative estimate of drug-likeness (QED) is 0.434. The summed E-state index contributed by atoms with van der Waals surface area (Å²) in [4.78, 5) is 18.2. The van der Waals surface area contributed by atoms with Crippen LogP contribution in [-0.4, -0.2) is 16.0 Å². The number of hydrogen-bond acceptors (Lipinski definition) is 7. The molecule has 4 rings (SSSR count). The third-order valence-corrected chi connectivity index (χ3v) is 6.14. The van der Waals surface area contributed by atoms with E-state index in [4.69, 9.17) is 9.26 Å². The topological polar surface area (TPSA) is 77.2 Å². The van der Waals surface area contributed by atoms with Crippen LogP contribution in [0.5, 0.6) is 5.75 Å². The number of benzene rings is 1. The molecule has 148 valence electrons. The van der Waals surface area contributed by atoms with Gasteiger partial charge in [0.15, 0.2) is 5.13 Å². The van der Waals surface area contributed by atoms with Crippen molar-refractivity contribution in [2.75, 3.05) is 5.32 Å². The summed E-state index contributed by atoms with van der Waals surface area (Å²) in [7, 11) is 0. The number of rotatable bonds is 6. The van der Waals surface area contributed by atoms with Gasteiger partial charge in [-0.25, -0.2) is 4.98 Å². The van der Waals surface area contributed by atoms with Crippen molar-refractivity contribution >= 4 is 33.7 Å². The van der Waals surface area contributed by atoms with Crippen molar-refractivity contribution in [3.05, 3.63) is 69.2 Å². The minimum atomic E-state index is -0.197. The Morgan fingerprint density at radius 2 is 2.07 bits per heavy atom. The summed E-state index contributed by atoms with van der Waals surface area (Å²) < 4.78 is 11.1. The molecule has 0 aliphatic rings. The lowest BCUT2D eigenvalue weighted by Crippen LogP contribution is -2.12. The fourth-order valence-corrected chi connectivity index (χ4v) is 4.31. The number of nitrogens with one attached hydrogen (secondary N) is 1. The minimum absolute atomic E-state index is 0.197. The van der Waals surface area contributed by atoms with E-state index in [1.165, 1.54) is 11.3 Å². The van der Waals surface area contributed by atoms with Gasteiger partial charge in [0, 0.05) is 10.9 Å². The van der Waals surface area contributed by atoms with E-state index in [1.54, 1.807) is 23.5 Å². The van der Waals surface area contributed by atoms with E-state index in [9.17, 15) is 4.79 Å². The van der Waals surface area contributed by atoms with Crippen LogP contribution in [0.4, 0.5) is 5.13 Å². The molecule has 0 spiro atoms. The maximum atomic E-state index is 12.6. The van der Waals surface area contributed by atoms with Gasteiger partial charge >= 0.3 is 0 Å². The monoisotopic (exact) mass is 425 g/mol. The van der Waals surface area contributed by atoms with Crippen molar-refractivity contribution in [3.63, 3.8) is 0 Å². The molecule has 0 bridgehead atoms. The van der Waals surface area contributed by atoms with Crippen LogP contribution in [0.15, 0.2) is 45.6 Å². The molecule has 6 nitrogen and oxygen atoms in total. The van der Waals surface area contributed by atoms with Gasteiger partial charge in [-0.2, -0.15) is 0 Å². The standard InChI is InChI=1S/C21H19N3O3S2/c1-12-9-15(6-7-18(12)26-10-16-13(2)24-27-14(16)3)20(25)23-21-22-17(11-29-21)19-5-4-8-28-19/h4-9,11H,10H2,1-3H3,(H,22,23,25). The lowest BCUT2D eigenvalue weighted by atomic mass is 10.1. The summed E-state index contributed by atoms with van der Waals surface area (Å²) in [6.45, 7) is 6.04. The van der Waals surface area contributed by atoms with Crippen molar-refractivity contribution in [3.8, 4) is 16.3 Å². The zero-order chi connectivity index (χ0) is 20.4. The summed E-state index contributed by atoms with van der Waals surface area (Å²) in [6.07, 6.45) is 0. The van der Waals surface area contributed by atoms with E-state index in [-0.39, 0.29) is 5.91 Å². The molecule has 0 atom stereocenters. The second-order valence-electron chi connectivity index (χ2n) is 6.54. The van der Waals surface area contributed by atoms with Gasteiger partial charge in [-0.1, -0.05) is 11.2 Å². The minimum Gasteiger partial charge on any atom is -0.488 e. The molecular weight excluding hydrogens is 406 g/mol. The van der Waals surface area contributed by atoms with Crippen LogP contribution < -0.4 is 10.1 Å². The smallest absolute Gasteiger partial charge is 0.257 e. The average molecular weight is 426 g/mol. The fourth-order valence-electron chi connectivity index (χ4n) is 2.85. The van der Waals surface area contributed by atoms with Crippen LogP contribution in [0, 0.1) is 20.8 Å². The highest BCUT2D eigenvalue weighted by Gasteiger charge is 2.14. The number of carbonyl (C=O) groups excluding carboxylic acids is 1. The Hall–Kier alpha value is -2.97. The maximum Gasteiger partial charge on any atom is 0.257 e. The molecule has 0 saturated carbocycles. The summed E-state index contributed by atoms with van der Waals surface area (Å²) in [6, 6.07) is 9.36. The van der Waals surface area contributed by atoms with E-state index in [1.807, 2.05) is 49.7 Å². The number of nitrogens with zero attached hydrogens (tertiary/aromatic N) is 2. The molecule has 3 heterocycles. The zero-order valence-corrected chi connectivity index (χ0v) is 17.8.